The van der Waals surface area contributed by atoms with E-state index in [9.17, 15) is 9.90 Å². The van der Waals surface area contributed by atoms with Crippen LogP contribution < -0.4 is 10.1 Å². The van der Waals surface area contributed by atoms with Crippen LogP contribution >= 0.6 is 0 Å². The highest BCUT2D eigenvalue weighted by atomic mass is 19.1. The van der Waals surface area contributed by atoms with Gasteiger partial charge in [0.15, 0.2) is 11.6 Å². The molecule has 224 valence electrons. The number of nitrogens with one attached hydrogen (secondary N) is 1. The van der Waals surface area contributed by atoms with Crippen molar-refractivity contribution < 1.29 is 23.8 Å². The standard InChI is InChI=1S/C33H46FN3O4/c1-33(15-5-7-20-41-33)25-21-27(30(40-2)28(34)22-25)29(32(38)39)23-13-18-37(19-14-23)17-6-3-4-10-26-12-11-24-9-8-16-35-31(24)36-26/h11-12,21-23,29H,3-10,13-20H2,1-2H3,(H,35,36)(H,38,39)/t29-,33+/m1/s1. The number of carbonyl (C=O) groups is 1. The lowest BCUT2D eigenvalue weighted by Crippen LogP contribution is -2.38. The number of likely N-dealkylation sites (tertiary alicyclic amines) is 1. The molecule has 8 heteroatoms. The number of hydrogen-bond acceptors (Lipinski definition) is 6. The number of aryl methyl sites for hydroxylation is 2. The molecule has 0 spiro atoms. The number of aliphatic carboxylic acids is 1. The van der Waals surface area contributed by atoms with Gasteiger partial charge in [-0.1, -0.05) is 12.5 Å². The van der Waals surface area contributed by atoms with E-state index in [0.29, 0.717) is 17.7 Å². The second-order valence-corrected chi connectivity index (χ2v) is 12.3. The molecule has 0 aliphatic carbocycles. The van der Waals surface area contributed by atoms with E-state index in [-0.39, 0.29) is 11.7 Å². The summed E-state index contributed by atoms with van der Waals surface area (Å²) in [5.74, 6) is -1.20. The third-order valence-electron chi connectivity index (χ3n) is 9.42. The first kappa shape index (κ1) is 29.8. The quantitative estimate of drug-likeness (QED) is 0.309. The fourth-order valence-electron chi connectivity index (χ4n) is 6.95. The molecule has 0 saturated carbocycles. The normalized spacial score (nSPS) is 22.5. The summed E-state index contributed by atoms with van der Waals surface area (Å²) in [4.78, 5) is 19.9. The lowest BCUT2D eigenvalue weighted by molar-refractivity contribution is -0.140. The highest BCUT2D eigenvalue weighted by Gasteiger charge is 2.38. The number of carboxylic acids is 1. The van der Waals surface area contributed by atoms with Crippen LogP contribution in [0.3, 0.4) is 0 Å². The fraction of sp³-hybridized carbons (Fsp3) is 0.636. The summed E-state index contributed by atoms with van der Waals surface area (Å²) in [6.07, 6.45) is 11.0. The van der Waals surface area contributed by atoms with Gasteiger partial charge in [-0.25, -0.2) is 9.37 Å². The zero-order valence-corrected chi connectivity index (χ0v) is 24.7. The Balaban J connectivity index is 1.15. The number of carboxylic acid groups (broad SMARTS) is 1. The first-order valence-electron chi connectivity index (χ1n) is 15.6. The predicted molar refractivity (Wildman–Crippen MR) is 158 cm³/mol. The van der Waals surface area contributed by atoms with Gasteiger partial charge in [-0.05, 0) is 126 Å². The molecule has 0 radical (unpaired) electrons. The van der Waals surface area contributed by atoms with Crippen molar-refractivity contribution in [2.45, 2.75) is 89.1 Å². The van der Waals surface area contributed by atoms with Gasteiger partial charge in [-0.3, -0.25) is 4.79 Å². The van der Waals surface area contributed by atoms with Gasteiger partial charge in [-0.15, -0.1) is 0 Å². The number of unbranched alkanes of at least 4 members (excludes halogenated alkanes) is 2. The van der Waals surface area contributed by atoms with Crippen LogP contribution in [0, 0.1) is 11.7 Å². The van der Waals surface area contributed by atoms with Crippen LogP contribution in [0.15, 0.2) is 24.3 Å². The van der Waals surface area contributed by atoms with Gasteiger partial charge >= 0.3 is 5.97 Å². The smallest absolute Gasteiger partial charge is 0.311 e. The van der Waals surface area contributed by atoms with Gasteiger partial charge < -0.3 is 24.8 Å². The summed E-state index contributed by atoms with van der Waals surface area (Å²) >= 11 is 0. The van der Waals surface area contributed by atoms with E-state index in [0.717, 1.165) is 96.2 Å². The Morgan fingerprint density at radius 2 is 2.05 bits per heavy atom. The van der Waals surface area contributed by atoms with Gasteiger partial charge in [-0.2, -0.15) is 0 Å². The summed E-state index contributed by atoms with van der Waals surface area (Å²) in [7, 11) is 1.42. The highest BCUT2D eigenvalue weighted by Crippen LogP contribution is 2.43. The number of benzene rings is 1. The molecule has 0 amide bonds. The number of ether oxygens (including phenoxy) is 2. The Kier molecular flexibility index (Phi) is 9.81. The van der Waals surface area contributed by atoms with Crippen molar-refractivity contribution in [3.8, 4) is 5.75 Å². The average molecular weight is 568 g/mol. The van der Waals surface area contributed by atoms with Crippen molar-refractivity contribution in [2.24, 2.45) is 5.92 Å². The number of halogens is 1. The number of anilines is 1. The molecular formula is C33H46FN3O4. The molecule has 0 unspecified atom stereocenters. The van der Waals surface area contributed by atoms with E-state index in [2.05, 4.69) is 22.3 Å². The third kappa shape index (κ3) is 7.03. The first-order valence-corrected chi connectivity index (χ1v) is 15.6. The third-order valence-corrected chi connectivity index (χ3v) is 9.42. The number of pyridine rings is 1. The van der Waals surface area contributed by atoms with E-state index in [4.69, 9.17) is 14.5 Å². The number of hydrogen-bond donors (Lipinski definition) is 2. The minimum Gasteiger partial charge on any atom is -0.493 e. The van der Waals surface area contributed by atoms with E-state index in [1.165, 1.54) is 30.9 Å². The molecule has 7 nitrogen and oxygen atoms in total. The van der Waals surface area contributed by atoms with Crippen LogP contribution in [0.4, 0.5) is 10.2 Å². The Bertz CT molecular complexity index is 1190. The number of methoxy groups -OCH3 is 1. The highest BCUT2D eigenvalue weighted by molar-refractivity contribution is 5.78. The van der Waals surface area contributed by atoms with Crippen molar-refractivity contribution in [3.05, 3.63) is 52.5 Å². The molecule has 5 rings (SSSR count). The lowest BCUT2D eigenvalue weighted by Gasteiger charge is -2.37. The lowest BCUT2D eigenvalue weighted by atomic mass is 9.77. The molecule has 2 saturated heterocycles. The summed E-state index contributed by atoms with van der Waals surface area (Å²) in [5, 5.41) is 13.8. The summed E-state index contributed by atoms with van der Waals surface area (Å²) < 4.78 is 26.8. The monoisotopic (exact) mass is 567 g/mol. The molecule has 41 heavy (non-hydrogen) atoms. The Labute approximate surface area is 243 Å². The minimum absolute atomic E-state index is 0.0483. The summed E-state index contributed by atoms with van der Waals surface area (Å²) in [6.45, 7) is 6.36. The largest absolute Gasteiger partial charge is 0.493 e. The van der Waals surface area contributed by atoms with E-state index in [1.807, 2.05) is 13.0 Å². The summed E-state index contributed by atoms with van der Waals surface area (Å²) in [5.41, 5.74) is 3.03. The molecule has 3 aliphatic heterocycles. The van der Waals surface area contributed by atoms with Crippen LogP contribution in [-0.2, 0) is 28.0 Å². The number of aromatic nitrogens is 1. The first-order chi connectivity index (χ1) is 19.9. The van der Waals surface area contributed by atoms with Crippen molar-refractivity contribution in [2.75, 3.05) is 45.2 Å². The number of nitrogens with zero attached hydrogens (tertiary/aromatic N) is 2. The van der Waals surface area contributed by atoms with Gasteiger partial charge in [0.1, 0.15) is 5.82 Å². The average Bonchev–Trinajstić information content (AvgIpc) is 2.98. The van der Waals surface area contributed by atoms with Crippen LogP contribution in [-0.4, -0.2) is 60.9 Å². The number of fused-ring (bicyclic) bond motifs is 1. The second kappa shape index (κ2) is 13.5. The van der Waals surface area contributed by atoms with Crippen LogP contribution in [0.1, 0.15) is 93.0 Å². The Morgan fingerprint density at radius 1 is 1.22 bits per heavy atom. The summed E-state index contributed by atoms with van der Waals surface area (Å²) in [6, 6.07) is 7.71. The molecule has 2 aromatic rings. The van der Waals surface area contributed by atoms with Crippen molar-refractivity contribution in [3.63, 3.8) is 0 Å². The topological polar surface area (TPSA) is 83.9 Å². The van der Waals surface area contributed by atoms with E-state index < -0.39 is 23.3 Å². The molecule has 2 atom stereocenters. The number of rotatable bonds is 11. The van der Waals surface area contributed by atoms with Crippen LogP contribution in [0.25, 0.3) is 0 Å². The van der Waals surface area contributed by atoms with Crippen molar-refractivity contribution in [1.29, 1.82) is 0 Å². The Hall–Kier alpha value is -2.71. The Morgan fingerprint density at radius 3 is 2.78 bits per heavy atom. The van der Waals surface area contributed by atoms with Gasteiger partial charge in [0.2, 0.25) is 0 Å². The zero-order valence-electron chi connectivity index (χ0n) is 24.7. The van der Waals surface area contributed by atoms with Gasteiger partial charge in [0, 0.05) is 24.4 Å². The molecule has 1 aromatic heterocycles. The van der Waals surface area contributed by atoms with Crippen molar-refractivity contribution in [1.82, 2.24) is 9.88 Å². The zero-order chi connectivity index (χ0) is 28.8. The molecule has 2 fully saturated rings. The molecular weight excluding hydrogens is 521 g/mol. The van der Waals surface area contributed by atoms with E-state index in [1.54, 1.807) is 0 Å². The minimum atomic E-state index is -0.918. The molecule has 3 aliphatic rings. The predicted octanol–water partition coefficient (Wildman–Crippen LogP) is 6.30. The van der Waals surface area contributed by atoms with Crippen LogP contribution in [0.2, 0.25) is 0 Å². The SMILES string of the molecule is COc1c(F)cc([C@]2(C)CCCCO2)cc1[C@H](C(=O)O)C1CCN(CCCCCc2ccc3c(n2)NCCC3)CC1. The van der Waals surface area contributed by atoms with Crippen molar-refractivity contribution >= 4 is 11.8 Å². The maximum Gasteiger partial charge on any atom is 0.311 e. The van der Waals surface area contributed by atoms with E-state index >= 15 is 4.39 Å². The molecule has 1 aromatic carbocycles. The maximum atomic E-state index is 15.3. The van der Waals surface area contributed by atoms with Gasteiger partial charge in [0.05, 0.1) is 18.6 Å². The molecule has 2 N–H and O–H groups in total. The number of piperidine rings is 1. The fourth-order valence-corrected chi connectivity index (χ4v) is 6.95. The molecule has 4 heterocycles. The second-order valence-electron chi connectivity index (χ2n) is 12.3. The molecule has 0 bridgehead atoms. The van der Waals surface area contributed by atoms with Crippen LogP contribution in [0.5, 0.6) is 5.75 Å². The maximum absolute atomic E-state index is 15.3. The van der Waals surface area contributed by atoms with Gasteiger partial charge in [0.25, 0.3) is 0 Å².